The van der Waals surface area contributed by atoms with Crippen molar-refractivity contribution in [1.82, 2.24) is 19.4 Å². The molecule has 3 rings (SSSR count). The van der Waals surface area contributed by atoms with Crippen molar-refractivity contribution in [2.75, 3.05) is 5.32 Å². The van der Waals surface area contributed by atoms with Gasteiger partial charge in [-0.05, 0) is 45.4 Å². The summed E-state index contributed by atoms with van der Waals surface area (Å²) in [6, 6.07) is 6.35. The third-order valence-electron chi connectivity index (χ3n) is 4.46. The van der Waals surface area contributed by atoms with E-state index in [0.717, 1.165) is 11.4 Å². The van der Waals surface area contributed by atoms with E-state index < -0.39 is 22.0 Å². The summed E-state index contributed by atoms with van der Waals surface area (Å²) in [4.78, 5) is 16.6. The highest BCUT2D eigenvalue weighted by Gasteiger charge is 2.28. The van der Waals surface area contributed by atoms with E-state index in [4.69, 9.17) is 4.52 Å². The number of nitrogens with one attached hydrogen (secondary N) is 2. The number of carbonyl (C=O) groups excluding carboxylic acids is 1. The van der Waals surface area contributed by atoms with Crippen LogP contribution in [0.15, 0.2) is 46.1 Å². The van der Waals surface area contributed by atoms with E-state index in [-0.39, 0.29) is 16.3 Å². The van der Waals surface area contributed by atoms with E-state index in [1.54, 1.807) is 18.3 Å². The standard InChI is InChI=1S/C19H23N5O4S/c1-12-18(14(3)28-22-12)29(26,27)23-13(2)19(25)21-17-7-5-16(6-8-17)11-24-10-9-20-15(24)4/h5-10,13,23H,11H2,1-4H3,(H,21,25)/t13-/m0/s1. The highest BCUT2D eigenvalue weighted by atomic mass is 32.2. The van der Waals surface area contributed by atoms with Crippen LogP contribution in [0.2, 0.25) is 0 Å². The van der Waals surface area contributed by atoms with Gasteiger partial charge in [-0.25, -0.2) is 13.4 Å². The van der Waals surface area contributed by atoms with E-state index in [2.05, 4.69) is 20.2 Å². The molecule has 2 N–H and O–H groups in total. The van der Waals surface area contributed by atoms with Gasteiger partial charge in [-0.3, -0.25) is 4.79 Å². The van der Waals surface area contributed by atoms with Gasteiger partial charge in [-0.1, -0.05) is 17.3 Å². The third kappa shape index (κ3) is 4.72. The molecule has 0 bridgehead atoms. The van der Waals surface area contributed by atoms with Gasteiger partial charge in [-0.15, -0.1) is 0 Å². The zero-order valence-electron chi connectivity index (χ0n) is 16.6. The molecule has 154 valence electrons. The van der Waals surface area contributed by atoms with Gasteiger partial charge in [0.1, 0.15) is 16.4 Å². The Bertz CT molecular complexity index is 1100. The normalized spacial score (nSPS) is 12.7. The second-order valence-electron chi connectivity index (χ2n) is 6.78. The van der Waals surface area contributed by atoms with Crippen molar-refractivity contribution in [3.05, 3.63) is 59.5 Å². The van der Waals surface area contributed by atoms with Gasteiger partial charge >= 0.3 is 0 Å². The number of sulfonamides is 1. The zero-order chi connectivity index (χ0) is 21.2. The Kier molecular flexibility index (Phi) is 5.85. The first-order chi connectivity index (χ1) is 13.7. The van der Waals surface area contributed by atoms with Crippen molar-refractivity contribution in [2.45, 2.75) is 45.2 Å². The summed E-state index contributed by atoms with van der Waals surface area (Å²) < 4.78 is 34.3. The first-order valence-corrected chi connectivity index (χ1v) is 10.5. The molecule has 1 aromatic carbocycles. The van der Waals surface area contributed by atoms with Crippen LogP contribution in [0.3, 0.4) is 0 Å². The van der Waals surface area contributed by atoms with E-state index in [9.17, 15) is 13.2 Å². The van der Waals surface area contributed by atoms with Gasteiger partial charge in [-0.2, -0.15) is 4.72 Å². The second-order valence-corrected chi connectivity index (χ2v) is 8.44. The topological polar surface area (TPSA) is 119 Å². The molecule has 10 heteroatoms. The second kappa shape index (κ2) is 8.18. The lowest BCUT2D eigenvalue weighted by atomic mass is 10.2. The molecule has 2 aromatic heterocycles. The molecule has 2 heterocycles. The molecule has 29 heavy (non-hydrogen) atoms. The van der Waals surface area contributed by atoms with Gasteiger partial charge in [0.2, 0.25) is 15.9 Å². The van der Waals surface area contributed by atoms with Crippen molar-refractivity contribution in [1.29, 1.82) is 0 Å². The van der Waals surface area contributed by atoms with Crippen LogP contribution in [0.4, 0.5) is 5.69 Å². The summed E-state index contributed by atoms with van der Waals surface area (Å²) in [5, 5.41) is 6.35. The maximum atomic E-state index is 12.5. The number of aromatic nitrogens is 3. The Morgan fingerprint density at radius 1 is 1.21 bits per heavy atom. The van der Waals surface area contributed by atoms with Gasteiger partial charge in [0, 0.05) is 24.6 Å². The first kappa shape index (κ1) is 20.7. The number of imidazole rings is 1. The molecule has 1 amide bonds. The molecule has 0 unspecified atom stereocenters. The average Bonchev–Trinajstić information content (AvgIpc) is 3.21. The number of aryl methyl sites for hydroxylation is 3. The lowest BCUT2D eigenvalue weighted by Crippen LogP contribution is -2.41. The van der Waals surface area contributed by atoms with Gasteiger partial charge in [0.05, 0.1) is 6.04 Å². The van der Waals surface area contributed by atoms with Gasteiger partial charge in [0.15, 0.2) is 5.76 Å². The van der Waals surface area contributed by atoms with Crippen LogP contribution in [-0.2, 0) is 21.4 Å². The minimum Gasteiger partial charge on any atom is -0.360 e. The SMILES string of the molecule is Cc1noc(C)c1S(=O)(=O)N[C@@H](C)C(=O)Nc1ccc(Cn2ccnc2C)cc1. The Morgan fingerprint density at radius 2 is 1.90 bits per heavy atom. The summed E-state index contributed by atoms with van der Waals surface area (Å²) in [6.07, 6.45) is 3.65. The van der Waals surface area contributed by atoms with Crippen molar-refractivity contribution < 1.29 is 17.7 Å². The Labute approximate surface area is 169 Å². The van der Waals surface area contributed by atoms with E-state index in [1.165, 1.54) is 20.8 Å². The lowest BCUT2D eigenvalue weighted by Gasteiger charge is -2.14. The number of carbonyl (C=O) groups is 1. The summed E-state index contributed by atoms with van der Waals surface area (Å²) in [6.45, 7) is 7.11. The maximum absolute atomic E-state index is 12.5. The summed E-state index contributed by atoms with van der Waals surface area (Å²) in [5.41, 5.74) is 1.87. The molecule has 0 saturated heterocycles. The van der Waals surface area contributed by atoms with E-state index >= 15 is 0 Å². The molecule has 0 saturated carbocycles. The summed E-state index contributed by atoms with van der Waals surface area (Å²) in [7, 11) is -3.93. The Hall–Kier alpha value is -2.98. The molecule has 0 aliphatic carbocycles. The fraction of sp³-hybridized carbons (Fsp3) is 0.316. The van der Waals surface area contributed by atoms with Crippen molar-refractivity contribution in [2.24, 2.45) is 0 Å². The van der Waals surface area contributed by atoms with Crippen LogP contribution in [0.5, 0.6) is 0 Å². The molecule has 0 fully saturated rings. The smallest absolute Gasteiger partial charge is 0.246 e. The monoisotopic (exact) mass is 417 g/mol. The van der Waals surface area contributed by atoms with Gasteiger partial charge in [0.25, 0.3) is 0 Å². The van der Waals surface area contributed by atoms with E-state index in [1.807, 2.05) is 29.8 Å². The fourth-order valence-corrected chi connectivity index (χ4v) is 4.45. The molecule has 0 aliphatic rings. The van der Waals surface area contributed by atoms with Gasteiger partial charge < -0.3 is 14.4 Å². The minimum absolute atomic E-state index is 0.0451. The number of anilines is 1. The summed E-state index contributed by atoms with van der Waals surface area (Å²) in [5.74, 6) is 0.617. The first-order valence-electron chi connectivity index (χ1n) is 9.00. The number of amides is 1. The number of nitrogens with zero attached hydrogens (tertiary/aromatic N) is 3. The quantitative estimate of drug-likeness (QED) is 0.608. The molecule has 1 atom stereocenters. The highest BCUT2D eigenvalue weighted by Crippen LogP contribution is 2.19. The average molecular weight is 417 g/mol. The van der Waals surface area contributed by atoms with Crippen molar-refractivity contribution in [3.63, 3.8) is 0 Å². The van der Waals surface area contributed by atoms with Crippen LogP contribution < -0.4 is 10.0 Å². The fourth-order valence-electron chi connectivity index (χ4n) is 2.91. The lowest BCUT2D eigenvalue weighted by molar-refractivity contribution is -0.117. The Balaban J connectivity index is 1.63. The maximum Gasteiger partial charge on any atom is 0.246 e. The molecule has 9 nitrogen and oxygen atoms in total. The zero-order valence-corrected chi connectivity index (χ0v) is 17.4. The molecular weight excluding hydrogens is 394 g/mol. The van der Waals surface area contributed by atoms with Crippen molar-refractivity contribution in [3.8, 4) is 0 Å². The molecule has 0 aliphatic heterocycles. The highest BCUT2D eigenvalue weighted by molar-refractivity contribution is 7.89. The number of hydrogen-bond donors (Lipinski definition) is 2. The van der Waals surface area contributed by atoms with Crippen molar-refractivity contribution >= 4 is 21.6 Å². The van der Waals surface area contributed by atoms with Crippen LogP contribution in [-0.4, -0.2) is 35.1 Å². The number of rotatable bonds is 7. The minimum atomic E-state index is -3.93. The number of benzene rings is 1. The van der Waals surface area contributed by atoms with Crippen LogP contribution >= 0.6 is 0 Å². The number of hydrogen-bond acceptors (Lipinski definition) is 6. The predicted molar refractivity (Wildman–Crippen MR) is 107 cm³/mol. The predicted octanol–water partition coefficient (Wildman–Crippen LogP) is 2.15. The molecule has 0 spiro atoms. The Morgan fingerprint density at radius 3 is 2.45 bits per heavy atom. The van der Waals surface area contributed by atoms with Crippen LogP contribution in [0, 0.1) is 20.8 Å². The van der Waals surface area contributed by atoms with Crippen LogP contribution in [0.25, 0.3) is 0 Å². The third-order valence-corrected chi connectivity index (χ3v) is 6.24. The molecule has 0 radical (unpaired) electrons. The molecule has 3 aromatic rings. The van der Waals surface area contributed by atoms with E-state index in [0.29, 0.717) is 12.2 Å². The largest absolute Gasteiger partial charge is 0.360 e. The van der Waals surface area contributed by atoms with Crippen LogP contribution in [0.1, 0.15) is 29.8 Å². The molecular formula is C19H23N5O4S. The summed E-state index contributed by atoms with van der Waals surface area (Å²) >= 11 is 0.